The lowest BCUT2D eigenvalue weighted by Gasteiger charge is -2.30. The molecule has 94 valence electrons. The van der Waals surface area contributed by atoms with Crippen molar-refractivity contribution in [3.63, 3.8) is 0 Å². The summed E-state index contributed by atoms with van der Waals surface area (Å²) in [6, 6.07) is 6.32. The van der Waals surface area contributed by atoms with Crippen molar-refractivity contribution < 1.29 is 13.9 Å². The molecular weight excluding hydrogens is 303 g/mol. The highest BCUT2D eigenvalue weighted by Crippen LogP contribution is 2.22. The molecular formula is C12H10BrFN2O2. The SMILES string of the molecule is N#CC1CN(C(=O)c2c(F)cccc2Br)CCO1. The van der Waals surface area contributed by atoms with E-state index in [1.165, 1.54) is 17.0 Å². The summed E-state index contributed by atoms with van der Waals surface area (Å²) in [6.07, 6.45) is -0.645. The lowest BCUT2D eigenvalue weighted by molar-refractivity contribution is 0.00321. The van der Waals surface area contributed by atoms with Gasteiger partial charge in [-0.25, -0.2) is 4.39 Å². The molecule has 2 rings (SSSR count). The van der Waals surface area contributed by atoms with Gasteiger partial charge in [0.15, 0.2) is 6.10 Å². The quantitative estimate of drug-likeness (QED) is 0.796. The normalized spacial score (nSPS) is 19.4. The lowest BCUT2D eigenvalue weighted by atomic mass is 10.1. The summed E-state index contributed by atoms with van der Waals surface area (Å²) in [5.41, 5.74) is -0.00362. The smallest absolute Gasteiger partial charge is 0.258 e. The number of hydrogen-bond donors (Lipinski definition) is 0. The second-order valence-electron chi connectivity index (χ2n) is 3.84. The third-order valence-corrected chi connectivity index (χ3v) is 3.34. The zero-order valence-electron chi connectivity index (χ0n) is 9.40. The Labute approximate surface area is 112 Å². The summed E-state index contributed by atoms with van der Waals surface area (Å²) in [4.78, 5) is 13.6. The molecule has 1 fully saturated rings. The van der Waals surface area contributed by atoms with Crippen molar-refractivity contribution in [2.45, 2.75) is 6.10 Å². The third-order valence-electron chi connectivity index (χ3n) is 2.67. The number of carbonyl (C=O) groups is 1. The molecule has 0 aliphatic carbocycles. The predicted octanol–water partition coefficient (Wildman–Crippen LogP) is 1.95. The Hall–Kier alpha value is -1.45. The van der Waals surface area contributed by atoms with Crippen LogP contribution in [0.4, 0.5) is 4.39 Å². The Bertz CT molecular complexity index is 495. The number of benzene rings is 1. The molecule has 6 heteroatoms. The molecule has 1 unspecified atom stereocenters. The molecule has 1 atom stereocenters. The first kappa shape index (κ1) is 13.0. The van der Waals surface area contributed by atoms with Gasteiger partial charge in [0.1, 0.15) is 5.82 Å². The van der Waals surface area contributed by atoms with Gasteiger partial charge in [0.25, 0.3) is 5.91 Å². The standard InChI is InChI=1S/C12H10BrFN2O2/c13-9-2-1-3-10(14)11(9)12(17)16-4-5-18-8(6-15)7-16/h1-3,8H,4-5,7H2. The van der Waals surface area contributed by atoms with Gasteiger partial charge < -0.3 is 9.64 Å². The van der Waals surface area contributed by atoms with Crippen LogP contribution in [0.1, 0.15) is 10.4 Å². The largest absolute Gasteiger partial charge is 0.360 e. The fourth-order valence-corrected chi connectivity index (χ4v) is 2.28. The van der Waals surface area contributed by atoms with Crippen LogP contribution in [0.15, 0.2) is 22.7 Å². The second-order valence-corrected chi connectivity index (χ2v) is 4.69. The fraction of sp³-hybridized carbons (Fsp3) is 0.333. The first-order valence-electron chi connectivity index (χ1n) is 5.38. The minimum Gasteiger partial charge on any atom is -0.360 e. The number of carbonyl (C=O) groups excluding carboxylic acids is 1. The molecule has 1 saturated heterocycles. The molecule has 0 spiro atoms. The second kappa shape index (κ2) is 5.46. The van der Waals surface area contributed by atoms with Gasteiger partial charge in [-0.2, -0.15) is 5.26 Å². The Morgan fingerprint density at radius 3 is 3.06 bits per heavy atom. The van der Waals surface area contributed by atoms with Crippen LogP contribution in [-0.4, -0.2) is 36.6 Å². The monoisotopic (exact) mass is 312 g/mol. The van der Waals surface area contributed by atoms with Crippen molar-refractivity contribution in [2.24, 2.45) is 0 Å². The van der Waals surface area contributed by atoms with Gasteiger partial charge in [0.2, 0.25) is 0 Å². The van der Waals surface area contributed by atoms with Crippen LogP contribution in [0.2, 0.25) is 0 Å². The van der Waals surface area contributed by atoms with Crippen molar-refractivity contribution in [3.8, 4) is 6.07 Å². The van der Waals surface area contributed by atoms with E-state index >= 15 is 0 Å². The van der Waals surface area contributed by atoms with Gasteiger partial charge in [-0.15, -0.1) is 0 Å². The molecule has 1 heterocycles. The molecule has 0 radical (unpaired) electrons. The van der Waals surface area contributed by atoms with E-state index in [0.717, 1.165) is 0 Å². The lowest BCUT2D eigenvalue weighted by Crippen LogP contribution is -2.45. The highest BCUT2D eigenvalue weighted by molar-refractivity contribution is 9.10. The minimum absolute atomic E-state index is 0.00362. The van der Waals surface area contributed by atoms with Crippen LogP contribution in [0, 0.1) is 17.1 Å². The minimum atomic E-state index is -0.645. The van der Waals surface area contributed by atoms with E-state index in [-0.39, 0.29) is 18.7 Å². The van der Waals surface area contributed by atoms with Gasteiger partial charge in [-0.05, 0) is 28.1 Å². The number of ether oxygens (including phenoxy) is 1. The summed E-state index contributed by atoms with van der Waals surface area (Å²) >= 11 is 3.16. The highest BCUT2D eigenvalue weighted by atomic mass is 79.9. The maximum Gasteiger partial charge on any atom is 0.258 e. The first-order valence-corrected chi connectivity index (χ1v) is 6.17. The third kappa shape index (κ3) is 2.52. The topological polar surface area (TPSA) is 53.3 Å². The van der Waals surface area contributed by atoms with Crippen LogP contribution >= 0.6 is 15.9 Å². The van der Waals surface area contributed by atoms with Crippen LogP contribution in [-0.2, 0) is 4.74 Å². The molecule has 0 N–H and O–H groups in total. The molecule has 1 aliphatic rings. The number of nitriles is 1. The summed E-state index contributed by atoms with van der Waals surface area (Å²) < 4.78 is 19.2. The Kier molecular flexibility index (Phi) is 3.94. The van der Waals surface area contributed by atoms with Crippen molar-refractivity contribution in [1.82, 2.24) is 4.90 Å². The van der Waals surface area contributed by atoms with E-state index in [9.17, 15) is 9.18 Å². The Balaban J connectivity index is 2.24. The van der Waals surface area contributed by atoms with E-state index in [1.54, 1.807) is 6.07 Å². The van der Waals surface area contributed by atoms with E-state index in [4.69, 9.17) is 10.00 Å². The van der Waals surface area contributed by atoms with E-state index in [1.807, 2.05) is 6.07 Å². The van der Waals surface area contributed by atoms with Gasteiger partial charge >= 0.3 is 0 Å². The van der Waals surface area contributed by atoms with Crippen LogP contribution in [0.5, 0.6) is 0 Å². The summed E-state index contributed by atoms with van der Waals surface area (Å²) in [7, 11) is 0. The molecule has 1 amide bonds. The van der Waals surface area contributed by atoms with Crippen molar-refractivity contribution in [2.75, 3.05) is 19.7 Å². The van der Waals surface area contributed by atoms with Crippen molar-refractivity contribution in [1.29, 1.82) is 5.26 Å². The van der Waals surface area contributed by atoms with Gasteiger partial charge in [0, 0.05) is 11.0 Å². The summed E-state index contributed by atoms with van der Waals surface area (Å²) in [6.45, 7) is 0.809. The average molecular weight is 313 g/mol. The summed E-state index contributed by atoms with van der Waals surface area (Å²) in [5.74, 6) is -1.00. The van der Waals surface area contributed by atoms with E-state index in [2.05, 4.69) is 15.9 Å². The zero-order valence-corrected chi connectivity index (χ0v) is 11.0. The molecule has 0 aromatic heterocycles. The van der Waals surface area contributed by atoms with E-state index < -0.39 is 17.8 Å². The number of hydrogen-bond acceptors (Lipinski definition) is 3. The van der Waals surface area contributed by atoms with Crippen LogP contribution < -0.4 is 0 Å². The maximum atomic E-state index is 13.7. The molecule has 1 aromatic rings. The maximum absolute atomic E-state index is 13.7. The van der Waals surface area contributed by atoms with Crippen LogP contribution in [0.3, 0.4) is 0 Å². The van der Waals surface area contributed by atoms with Gasteiger partial charge in [-0.1, -0.05) is 6.07 Å². The van der Waals surface area contributed by atoms with Gasteiger partial charge in [0.05, 0.1) is 24.8 Å². The van der Waals surface area contributed by atoms with Crippen LogP contribution in [0.25, 0.3) is 0 Å². The Morgan fingerprint density at radius 2 is 2.39 bits per heavy atom. The average Bonchev–Trinajstić information content (AvgIpc) is 2.38. The number of amides is 1. The molecule has 1 aliphatic heterocycles. The van der Waals surface area contributed by atoms with E-state index in [0.29, 0.717) is 11.0 Å². The molecule has 1 aromatic carbocycles. The number of nitrogens with zero attached hydrogens (tertiary/aromatic N) is 2. The zero-order chi connectivity index (χ0) is 13.1. The van der Waals surface area contributed by atoms with Crippen molar-refractivity contribution >= 4 is 21.8 Å². The molecule has 4 nitrogen and oxygen atoms in total. The number of morpholine rings is 1. The van der Waals surface area contributed by atoms with Gasteiger partial charge in [-0.3, -0.25) is 4.79 Å². The van der Waals surface area contributed by atoms with Crippen molar-refractivity contribution in [3.05, 3.63) is 34.1 Å². The fourth-order valence-electron chi connectivity index (χ4n) is 1.77. The number of rotatable bonds is 1. The molecule has 0 saturated carbocycles. The Morgan fingerprint density at radius 1 is 1.61 bits per heavy atom. The first-order chi connectivity index (χ1) is 8.63. The highest BCUT2D eigenvalue weighted by Gasteiger charge is 2.27. The predicted molar refractivity (Wildman–Crippen MR) is 65.4 cm³/mol. The summed E-state index contributed by atoms with van der Waals surface area (Å²) in [5, 5.41) is 8.77. The molecule has 0 bridgehead atoms. The number of halogens is 2. The molecule has 18 heavy (non-hydrogen) atoms.